The molecule has 0 spiro atoms. The van der Waals surface area contributed by atoms with Gasteiger partial charge >= 0.3 is 5.97 Å². The molecular formula is C12H17NO3. The molecule has 1 aromatic rings. The summed E-state index contributed by atoms with van der Waals surface area (Å²) in [5, 5.41) is 9.37. The molecule has 0 heterocycles. The molecule has 0 aliphatic rings. The third-order valence-electron chi connectivity index (χ3n) is 2.48. The van der Waals surface area contributed by atoms with Crippen LogP contribution in [-0.2, 0) is 16.0 Å². The number of phenols is 1. The van der Waals surface area contributed by atoms with Crippen molar-refractivity contribution in [3.05, 3.63) is 29.3 Å². The summed E-state index contributed by atoms with van der Waals surface area (Å²) in [7, 11) is 1.31. The minimum absolute atomic E-state index is 0.237. The summed E-state index contributed by atoms with van der Waals surface area (Å²) in [4.78, 5) is 11.4. The van der Waals surface area contributed by atoms with Crippen LogP contribution in [0.3, 0.4) is 0 Å². The third-order valence-corrected chi connectivity index (χ3v) is 2.48. The van der Waals surface area contributed by atoms with Crippen molar-refractivity contribution in [3.63, 3.8) is 0 Å². The quantitative estimate of drug-likeness (QED) is 0.753. The number of aryl methyl sites for hydroxylation is 1. The molecule has 0 saturated heterocycles. The van der Waals surface area contributed by atoms with Crippen LogP contribution in [0, 0.1) is 6.92 Å². The molecule has 4 nitrogen and oxygen atoms in total. The Labute approximate surface area is 95.0 Å². The second-order valence-electron chi connectivity index (χ2n) is 4.21. The molecule has 4 heteroatoms. The molecule has 0 unspecified atom stereocenters. The van der Waals surface area contributed by atoms with Crippen molar-refractivity contribution in [2.75, 3.05) is 7.11 Å². The van der Waals surface area contributed by atoms with E-state index in [1.54, 1.807) is 26.0 Å². The Morgan fingerprint density at radius 3 is 2.69 bits per heavy atom. The molecular weight excluding hydrogens is 206 g/mol. The second kappa shape index (κ2) is 4.53. The molecule has 0 bridgehead atoms. The first-order valence-corrected chi connectivity index (χ1v) is 5.02. The highest BCUT2D eigenvalue weighted by Crippen LogP contribution is 2.20. The monoisotopic (exact) mass is 223 g/mol. The van der Waals surface area contributed by atoms with Crippen LogP contribution in [0.4, 0.5) is 0 Å². The first-order chi connectivity index (χ1) is 7.36. The molecule has 3 N–H and O–H groups in total. The predicted molar refractivity (Wildman–Crippen MR) is 61.2 cm³/mol. The van der Waals surface area contributed by atoms with Gasteiger partial charge in [-0.25, -0.2) is 0 Å². The Hall–Kier alpha value is -1.55. The largest absolute Gasteiger partial charge is 0.508 e. The van der Waals surface area contributed by atoms with E-state index in [0.29, 0.717) is 6.42 Å². The van der Waals surface area contributed by atoms with Crippen molar-refractivity contribution in [3.8, 4) is 5.75 Å². The Bertz CT molecular complexity index is 399. The summed E-state index contributed by atoms with van der Waals surface area (Å²) in [5.41, 5.74) is 6.47. The highest BCUT2D eigenvalue weighted by Gasteiger charge is 2.29. The van der Waals surface area contributed by atoms with Gasteiger partial charge in [-0.3, -0.25) is 4.79 Å². The maximum absolute atomic E-state index is 11.4. The number of phenolic OH excluding ortho intramolecular Hbond substituents is 1. The molecule has 0 amide bonds. The lowest BCUT2D eigenvalue weighted by Gasteiger charge is -2.21. The SMILES string of the molecule is COC(=O)[C@](C)(N)Cc1ccc(O)c(C)c1. The molecule has 0 radical (unpaired) electrons. The molecule has 0 fully saturated rings. The van der Waals surface area contributed by atoms with Gasteiger partial charge in [-0.05, 0) is 31.0 Å². The summed E-state index contributed by atoms with van der Waals surface area (Å²) >= 11 is 0. The maximum Gasteiger partial charge on any atom is 0.325 e. The van der Waals surface area contributed by atoms with Crippen molar-refractivity contribution < 1.29 is 14.6 Å². The highest BCUT2D eigenvalue weighted by molar-refractivity contribution is 5.80. The minimum atomic E-state index is -1.04. The van der Waals surface area contributed by atoms with Crippen LogP contribution in [0.2, 0.25) is 0 Å². The molecule has 1 aromatic carbocycles. The van der Waals surface area contributed by atoms with Crippen molar-refractivity contribution in [2.45, 2.75) is 25.8 Å². The highest BCUT2D eigenvalue weighted by atomic mass is 16.5. The molecule has 16 heavy (non-hydrogen) atoms. The van der Waals surface area contributed by atoms with E-state index < -0.39 is 11.5 Å². The molecule has 0 aromatic heterocycles. The minimum Gasteiger partial charge on any atom is -0.508 e. The number of methoxy groups -OCH3 is 1. The van der Waals surface area contributed by atoms with Gasteiger partial charge in [0, 0.05) is 6.42 Å². The predicted octanol–water partition coefficient (Wildman–Crippen LogP) is 1.13. The van der Waals surface area contributed by atoms with E-state index in [0.717, 1.165) is 11.1 Å². The second-order valence-corrected chi connectivity index (χ2v) is 4.21. The Balaban J connectivity index is 2.88. The van der Waals surface area contributed by atoms with E-state index in [1.165, 1.54) is 7.11 Å². The number of hydrogen-bond donors (Lipinski definition) is 2. The summed E-state index contributed by atoms with van der Waals surface area (Å²) in [5.74, 6) is -0.209. The van der Waals surface area contributed by atoms with E-state index in [9.17, 15) is 9.90 Å². The fourth-order valence-electron chi connectivity index (χ4n) is 1.56. The molecule has 88 valence electrons. The Morgan fingerprint density at radius 1 is 1.56 bits per heavy atom. The smallest absolute Gasteiger partial charge is 0.325 e. The van der Waals surface area contributed by atoms with E-state index in [2.05, 4.69) is 4.74 Å². The first kappa shape index (κ1) is 12.5. The normalized spacial score (nSPS) is 14.2. The Morgan fingerprint density at radius 2 is 2.19 bits per heavy atom. The summed E-state index contributed by atoms with van der Waals surface area (Å²) < 4.78 is 4.63. The number of aromatic hydroxyl groups is 1. The summed E-state index contributed by atoms with van der Waals surface area (Å²) in [6.45, 7) is 3.42. The fraction of sp³-hybridized carbons (Fsp3) is 0.417. The lowest BCUT2D eigenvalue weighted by Crippen LogP contribution is -2.47. The van der Waals surface area contributed by atoms with Crippen LogP contribution in [0.15, 0.2) is 18.2 Å². The molecule has 1 rings (SSSR count). The molecule has 0 aliphatic carbocycles. The van der Waals surface area contributed by atoms with Gasteiger partial charge in [0.25, 0.3) is 0 Å². The lowest BCUT2D eigenvalue weighted by atomic mass is 9.93. The van der Waals surface area contributed by atoms with Crippen LogP contribution in [0.5, 0.6) is 5.75 Å². The number of hydrogen-bond acceptors (Lipinski definition) is 4. The van der Waals surface area contributed by atoms with E-state index in [1.807, 2.05) is 6.07 Å². The number of nitrogens with two attached hydrogens (primary N) is 1. The van der Waals surface area contributed by atoms with Gasteiger partial charge in [0.15, 0.2) is 0 Å². The van der Waals surface area contributed by atoms with Crippen LogP contribution < -0.4 is 5.73 Å². The lowest BCUT2D eigenvalue weighted by molar-refractivity contribution is -0.146. The van der Waals surface area contributed by atoms with Gasteiger partial charge in [-0.2, -0.15) is 0 Å². The Kier molecular flexibility index (Phi) is 3.55. The number of carbonyl (C=O) groups is 1. The zero-order valence-electron chi connectivity index (χ0n) is 9.78. The summed E-state index contributed by atoms with van der Waals surface area (Å²) in [6, 6.07) is 5.15. The van der Waals surface area contributed by atoms with E-state index >= 15 is 0 Å². The van der Waals surface area contributed by atoms with Crippen LogP contribution in [0.1, 0.15) is 18.1 Å². The number of esters is 1. The van der Waals surface area contributed by atoms with Gasteiger partial charge in [0.1, 0.15) is 11.3 Å². The number of ether oxygens (including phenoxy) is 1. The third kappa shape index (κ3) is 2.73. The average Bonchev–Trinajstić information content (AvgIpc) is 2.22. The fourth-order valence-corrected chi connectivity index (χ4v) is 1.56. The average molecular weight is 223 g/mol. The van der Waals surface area contributed by atoms with Crippen LogP contribution in [0.25, 0.3) is 0 Å². The maximum atomic E-state index is 11.4. The van der Waals surface area contributed by atoms with Crippen molar-refractivity contribution in [1.82, 2.24) is 0 Å². The van der Waals surface area contributed by atoms with Crippen molar-refractivity contribution in [2.24, 2.45) is 5.73 Å². The van der Waals surface area contributed by atoms with Gasteiger partial charge in [0.2, 0.25) is 0 Å². The standard InChI is InChI=1S/C12H17NO3/c1-8-6-9(4-5-10(8)14)7-12(2,13)11(15)16-3/h4-6,14H,7,13H2,1-3H3/t12-/m1/s1. The number of rotatable bonds is 3. The number of carbonyl (C=O) groups excluding carboxylic acids is 1. The van der Waals surface area contributed by atoms with Crippen molar-refractivity contribution >= 4 is 5.97 Å². The van der Waals surface area contributed by atoms with E-state index in [4.69, 9.17) is 5.73 Å². The van der Waals surface area contributed by atoms with E-state index in [-0.39, 0.29) is 5.75 Å². The zero-order chi connectivity index (χ0) is 12.3. The van der Waals surface area contributed by atoms with Crippen LogP contribution >= 0.6 is 0 Å². The molecule has 0 aliphatic heterocycles. The topological polar surface area (TPSA) is 72.5 Å². The van der Waals surface area contributed by atoms with Crippen molar-refractivity contribution in [1.29, 1.82) is 0 Å². The van der Waals surface area contributed by atoms with Gasteiger partial charge < -0.3 is 15.6 Å². The van der Waals surface area contributed by atoms with Crippen LogP contribution in [-0.4, -0.2) is 23.7 Å². The first-order valence-electron chi connectivity index (χ1n) is 5.02. The van der Waals surface area contributed by atoms with Gasteiger partial charge in [-0.15, -0.1) is 0 Å². The summed E-state index contributed by atoms with van der Waals surface area (Å²) in [6.07, 6.45) is 0.376. The van der Waals surface area contributed by atoms with Gasteiger partial charge in [-0.1, -0.05) is 12.1 Å². The zero-order valence-corrected chi connectivity index (χ0v) is 9.78. The van der Waals surface area contributed by atoms with Gasteiger partial charge in [0.05, 0.1) is 7.11 Å². The molecule has 0 saturated carbocycles. The number of benzene rings is 1. The molecule has 1 atom stereocenters.